The summed E-state index contributed by atoms with van der Waals surface area (Å²) in [6.45, 7) is 3.84. The average Bonchev–Trinajstić information content (AvgIpc) is 2.69. The normalized spacial score (nSPS) is 11.1. The minimum atomic E-state index is -1.04. The minimum Gasteiger partial charge on any atom is -0.477 e. The van der Waals surface area contributed by atoms with Crippen molar-refractivity contribution in [3.63, 3.8) is 0 Å². The van der Waals surface area contributed by atoms with E-state index in [1.807, 2.05) is 12.1 Å². The molecular weight excluding hydrogens is 346 g/mol. The van der Waals surface area contributed by atoms with E-state index in [1.165, 1.54) is 24.1 Å². The quantitative estimate of drug-likeness (QED) is 0.666. The largest absolute Gasteiger partial charge is 0.477 e. The van der Waals surface area contributed by atoms with E-state index in [-0.39, 0.29) is 24.4 Å². The Morgan fingerprint density at radius 1 is 1.22 bits per heavy atom. The van der Waals surface area contributed by atoms with Crippen molar-refractivity contribution in [1.82, 2.24) is 4.98 Å². The van der Waals surface area contributed by atoms with Gasteiger partial charge in [-0.25, -0.2) is 9.78 Å². The maximum absolute atomic E-state index is 12.8. The monoisotopic (exact) mass is 367 g/mol. The maximum atomic E-state index is 12.8. The van der Waals surface area contributed by atoms with Gasteiger partial charge in [-0.15, -0.1) is 0 Å². The summed E-state index contributed by atoms with van der Waals surface area (Å²) in [7, 11) is 0. The van der Waals surface area contributed by atoms with Crippen molar-refractivity contribution >= 4 is 17.6 Å². The molecule has 0 aliphatic heterocycles. The lowest BCUT2D eigenvalue weighted by Crippen LogP contribution is -2.40. The van der Waals surface area contributed by atoms with Crippen molar-refractivity contribution in [2.45, 2.75) is 26.4 Å². The standard InChI is InChI=1S/C20H21N3O4/c1-3-26-18-17(11-7-13-22-18)20(25)27-15(2)19(24)23(14-8-12-21)16-9-5-4-6-10-16/h4-7,9-11,13,15H,3,8,14H2,1-2H3. The second-order valence-corrected chi connectivity index (χ2v) is 5.57. The number of hydrogen-bond donors (Lipinski definition) is 0. The fourth-order valence-corrected chi connectivity index (χ4v) is 2.43. The van der Waals surface area contributed by atoms with Crippen molar-refractivity contribution < 1.29 is 19.1 Å². The molecular formula is C20H21N3O4. The number of pyridine rings is 1. The smallest absolute Gasteiger partial charge is 0.344 e. The third-order valence-corrected chi connectivity index (χ3v) is 3.68. The van der Waals surface area contributed by atoms with Crippen LogP contribution < -0.4 is 9.64 Å². The molecule has 0 aliphatic carbocycles. The topological polar surface area (TPSA) is 92.5 Å². The molecule has 7 nitrogen and oxygen atoms in total. The molecule has 7 heteroatoms. The molecule has 0 aliphatic rings. The van der Waals surface area contributed by atoms with E-state index in [0.29, 0.717) is 12.3 Å². The Morgan fingerprint density at radius 2 is 1.96 bits per heavy atom. The number of amides is 1. The first kappa shape index (κ1) is 19.9. The van der Waals surface area contributed by atoms with Crippen LogP contribution in [0.2, 0.25) is 0 Å². The molecule has 140 valence electrons. The number of carbonyl (C=O) groups excluding carboxylic acids is 2. The Bertz CT molecular complexity index is 817. The van der Waals surface area contributed by atoms with Gasteiger partial charge in [0.2, 0.25) is 5.88 Å². The molecule has 27 heavy (non-hydrogen) atoms. The first-order valence-electron chi connectivity index (χ1n) is 8.60. The number of carbonyl (C=O) groups is 2. The zero-order chi connectivity index (χ0) is 19.6. The molecule has 0 N–H and O–H groups in total. The number of anilines is 1. The molecule has 0 saturated carbocycles. The molecule has 2 aromatic rings. The van der Waals surface area contributed by atoms with Gasteiger partial charge in [0.1, 0.15) is 5.56 Å². The first-order chi connectivity index (χ1) is 13.1. The Hall–Kier alpha value is -3.40. The van der Waals surface area contributed by atoms with E-state index >= 15 is 0 Å². The zero-order valence-electron chi connectivity index (χ0n) is 15.3. The van der Waals surface area contributed by atoms with Gasteiger partial charge in [0.25, 0.3) is 5.91 Å². The van der Waals surface area contributed by atoms with Crippen LogP contribution in [-0.4, -0.2) is 36.1 Å². The molecule has 0 saturated heterocycles. The van der Waals surface area contributed by atoms with Crippen molar-refractivity contribution in [3.05, 3.63) is 54.2 Å². The van der Waals surface area contributed by atoms with Crippen LogP contribution in [0, 0.1) is 11.3 Å². The van der Waals surface area contributed by atoms with Crippen LogP contribution in [0.4, 0.5) is 5.69 Å². The summed E-state index contributed by atoms with van der Waals surface area (Å²) in [6, 6.07) is 14.1. The maximum Gasteiger partial charge on any atom is 0.344 e. The van der Waals surface area contributed by atoms with Crippen LogP contribution in [0.3, 0.4) is 0 Å². The minimum absolute atomic E-state index is 0.155. The lowest BCUT2D eigenvalue weighted by molar-refractivity contribution is -0.126. The highest BCUT2D eigenvalue weighted by atomic mass is 16.6. The number of nitriles is 1. The van der Waals surface area contributed by atoms with Crippen LogP contribution in [-0.2, 0) is 9.53 Å². The third-order valence-electron chi connectivity index (χ3n) is 3.68. The average molecular weight is 367 g/mol. The molecule has 1 aromatic carbocycles. The van der Waals surface area contributed by atoms with E-state index in [9.17, 15) is 9.59 Å². The van der Waals surface area contributed by atoms with Crippen molar-refractivity contribution in [3.8, 4) is 11.9 Å². The highest BCUT2D eigenvalue weighted by Crippen LogP contribution is 2.19. The number of para-hydroxylation sites is 1. The number of benzene rings is 1. The summed E-state index contributed by atoms with van der Waals surface area (Å²) in [5, 5.41) is 8.86. The summed E-state index contributed by atoms with van der Waals surface area (Å²) in [4.78, 5) is 30.7. The van der Waals surface area contributed by atoms with Gasteiger partial charge >= 0.3 is 5.97 Å². The lowest BCUT2D eigenvalue weighted by Gasteiger charge is -2.25. The number of aromatic nitrogens is 1. The molecule has 1 atom stereocenters. The lowest BCUT2D eigenvalue weighted by atomic mass is 10.2. The summed E-state index contributed by atoms with van der Waals surface area (Å²) in [5.41, 5.74) is 0.791. The number of ether oxygens (including phenoxy) is 2. The summed E-state index contributed by atoms with van der Waals surface area (Å²) in [6.07, 6.45) is 0.638. The number of hydrogen-bond acceptors (Lipinski definition) is 6. The highest BCUT2D eigenvalue weighted by Gasteiger charge is 2.26. The van der Waals surface area contributed by atoms with Gasteiger partial charge in [0.15, 0.2) is 6.10 Å². The van der Waals surface area contributed by atoms with Gasteiger partial charge < -0.3 is 14.4 Å². The van der Waals surface area contributed by atoms with Crippen LogP contribution in [0.1, 0.15) is 30.6 Å². The van der Waals surface area contributed by atoms with Crippen LogP contribution in [0.5, 0.6) is 5.88 Å². The first-order valence-corrected chi connectivity index (χ1v) is 8.60. The predicted molar refractivity (Wildman–Crippen MR) is 99.3 cm³/mol. The van der Waals surface area contributed by atoms with Crippen LogP contribution in [0.25, 0.3) is 0 Å². The zero-order valence-corrected chi connectivity index (χ0v) is 15.3. The molecule has 0 fully saturated rings. The van der Waals surface area contributed by atoms with Gasteiger partial charge in [-0.3, -0.25) is 4.79 Å². The Labute approximate surface area is 158 Å². The van der Waals surface area contributed by atoms with E-state index < -0.39 is 18.0 Å². The van der Waals surface area contributed by atoms with Crippen molar-refractivity contribution in [1.29, 1.82) is 5.26 Å². The predicted octanol–water partition coefficient (Wildman–Crippen LogP) is 2.97. The second kappa shape index (κ2) is 9.92. The molecule has 0 bridgehead atoms. The summed E-state index contributed by atoms with van der Waals surface area (Å²) < 4.78 is 10.7. The molecule has 0 radical (unpaired) electrons. The molecule has 2 rings (SSSR count). The fraction of sp³-hybridized carbons (Fsp3) is 0.300. The Morgan fingerprint density at radius 3 is 2.63 bits per heavy atom. The summed E-state index contributed by atoms with van der Waals surface area (Å²) >= 11 is 0. The molecule has 0 spiro atoms. The van der Waals surface area contributed by atoms with E-state index in [0.717, 1.165) is 0 Å². The second-order valence-electron chi connectivity index (χ2n) is 5.57. The van der Waals surface area contributed by atoms with Gasteiger partial charge in [-0.05, 0) is 38.1 Å². The number of esters is 1. The van der Waals surface area contributed by atoms with Crippen molar-refractivity contribution in [2.75, 3.05) is 18.1 Å². The van der Waals surface area contributed by atoms with Gasteiger partial charge in [-0.2, -0.15) is 5.26 Å². The van der Waals surface area contributed by atoms with Gasteiger partial charge in [0.05, 0.1) is 19.1 Å². The molecule has 1 aromatic heterocycles. The van der Waals surface area contributed by atoms with Gasteiger partial charge in [0, 0.05) is 18.4 Å². The highest BCUT2D eigenvalue weighted by molar-refractivity contribution is 5.99. The van der Waals surface area contributed by atoms with E-state index in [1.54, 1.807) is 37.3 Å². The Balaban J connectivity index is 2.15. The number of nitrogens with zero attached hydrogens (tertiary/aromatic N) is 3. The van der Waals surface area contributed by atoms with Crippen LogP contribution >= 0.6 is 0 Å². The van der Waals surface area contributed by atoms with Crippen molar-refractivity contribution in [2.24, 2.45) is 0 Å². The van der Waals surface area contributed by atoms with E-state index in [4.69, 9.17) is 14.7 Å². The van der Waals surface area contributed by atoms with Crippen LogP contribution in [0.15, 0.2) is 48.7 Å². The summed E-state index contributed by atoms with van der Waals surface area (Å²) in [5.74, 6) is -0.943. The molecule has 1 heterocycles. The number of rotatable bonds is 8. The molecule has 1 amide bonds. The Kier molecular flexibility index (Phi) is 7.32. The molecule has 1 unspecified atom stereocenters. The SMILES string of the molecule is CCOc1ncccc1C(=O)OC(C)C(=O)N(CCC#N)c1ccccc1. The van der Waals surface area contributed by atoms with E-state index in [2.05, 4.69) is 4.98 Å². The fourth-order valence-electron chi connectivity index (χ4n) is 2.43. The van der Waals surface area contributed by atoms with Gasteiger partial charge in [-0.1, -0.05) is 18.2 Å². The third kappa shape index (κ3) is 5.28.